The summed E-state index contributed by atoms with van der Waals surface area (Å²) in [5, 5.41) is 0. The summed E-state index contributed by atoms with van der Waals surface area (Å²) in [4.78, 5) is 51.0. The van der Waals surface area contributed by atoms with Gasteiger partial charge in [-0.3, -0.25) is 9.59 Å². The van der Waals surface area contributed by atoms with Crippen LogP contribution < -0.4 is 10.6 Å². The molecule has 0 saturated heterocycles. The predicted octanol–water partition coefficient (Wildman–Crippen LogP) is 3.33. The fourth-order valence-electron chi connectivity index (χ4n) is 2.99. The van der Waals surface area contributed by atoms with Crippen LogP contribution in [0.4, 0.5) is 11.4 Å². The Morgan fingerprint density at radius 3 is 1.38 bits per heavy atom. The summed E-state index contributed by atoms with van der Waals surface area (Å²) < 4.78 is 9.32. The van der Waals surface area contributed by atoms with Gasteiger partial charge in [0.05, 0.1) is 36.7 Å². The highest BCUT2D eigenvalue weighted by molar-refractivity contribution is 6.26. The van der Waals surface area contributed by atoms with E-state index in [1.807, 2.05) is 0 Å². The first kappa shape index (κ1) is 22.2. The van der Waals surface area contributed by atoms with E-state index in [1.165, 1.54) is 62.8 Å². The van der Waals surface area contributed by atoms with Crippen molar-refractivity contribution in [3.05, 3.63) is 95.1 Å². The number of nitrogen functional groups attached to an aromatic ring is 1. The van der Waals surface area contributed by atoms with Crippen molar-refractivity contribution in [2.24, 2.45) is 0 Å². The lowest BCUT2D eigenvalue weighted by atomic mass is 10.1. The Balaban J connectivity index is 2.02. The number of carbonyl (C=O) groups excluding carboxylic acids is 4. The Morgan fingerprint density at radius 1 is 0.625 bits per heavy atom. The molecule has 0 saturated carbocycles. The second-order valence-electron chi connectivity index (χ2n) is 6.64. The summed E-state index contributed by atoms with van der Waals surface area (Å²) in [6, 6.07) is 17.9. The van der Waals surface area contributed by atoms with Gasteiger partial charge in [0.25, 0.3) is 11.8 Å². The van der Waals surface area contributed by atoms with Crippen LogP contribution in [0.2, 0.25) is 0 Å². The van der Waals surface area contributed by atoms with Gasteiger partial charge in [-0.15, -0.1) is 0 Å². The number of nitrogens with two attached hydrogens (primary N) is 1. The number of para-hydroxylation sites is 2. The lowest BCUT2D eigenvalue weighted by Gasteiger charge is -2.23. The SMILES string of the molecule is COC(=O)c1ccc(C(=O)N(C(=O)c2ccc(C(=O)OC)cc2)c2ccccc2N)cc1. The third kappa shape index (κ3) is 4.49. The molecule has 0 bridgehead atoms. The monoisotopic (exact) mass is 432 g/mol. The van der Waals surface area contributed by atoms with E-state index in [0.29, 0.717) is 0 Å². The van der Waals surface area contributed by atoms with Crippen molar-refractivity contribution in [2.45, 2.75) is 0 Å². The summed E-state index contributed by atoms with van der Waals surface area (Å²) in [6.07, 6.45) is 0. The van der Waals surface area contributed by atoms with Crippen LogP contribution in [-0.4, -0.2) is 38.0 Å². The van der Waals surface area contributed by atoms with Gasteiger partial charge in [-0.2, -0.15) is 0 Å². The second-order valence-corrected chi connectivity index (χ2v) is 6.64. The van der Waals surface area contributed by atoms with Gasteiger partial charge in [0.2, 0.25) is 0 Å². The molecule has 32 heavy (non-hydrogen) atoms. The number of amides is 2. The molecule has 3 rings (SSSR count). The van der Waals surface area contributed by atoms with Gasteiger partial charge in [0.15, 0.2) is 0 Å². The van der Waals surface area contributed by atoms with Crippen molar-refractivity contribution in [1.82, 2.24) is 0 Å². The van der Waals surface area contributed by atoms with Gasteiger partial charge in [-0.1, -0.05) is 12.1 Å². The first-order chi connectivity index (χ1) is 15.4. The number of nitrogens with zero attached hydrogens (tertiary/aromatic N) is 1. The van der Waals surface area contributed by atoms with Crippen LogP contribution in [0, 0.1) is 0 Å². The molecule has 0 aliphatic rings. The van der Waals surface area contributed by atoms with E-state index >= 15 is 0 Å². The zero-order valence-electron chi connectivity index (χ0n) is 17.4. The minimum atomic E-state index is -0.638. The average molecular weight is 432 g/mol. The molecule has 8 heteroatoms. The maximum absolute atomic E-state index is 13.3. The quantitative estimate of drug-likeness (QED) is 0.373. The maximum atomic E-state index is 13.3. The van der Waals surface area contributed by atoms with Gasteiger partial charge in [-0.25, -0.2) is 14.5 Å². The van der Waals surface area contributed by atoms with Crippen molar-refractivity contribution in [3.63, 3.8) is 0 Å². The fourth-order valence-corrected chi connectivity index (χ4v) is 2.99. The van der Waals surface area contributed by atoms with E-state index in [2.05, 4.69) is 9.47 Å². The summed E-state index contributed by atoms with van der Waals surface area (Å²) in [5.41, 5.74) is 7.34. The molecule has 0 aliphatic carbocycles. The molecular weight excluding hydrogens is 412 g/mol. The lowest BCUT2D eigenvalue weighted by molar-refractivity contribution is 0.0592. The first-order valence-corrected chi connectivity index (χ1v) is 9.47. The highest BCUT2D eigenvalue weighted by Gasteiger charge is 2.28. The number of esters is 2. The molecule has 0 aromatic heterocycles. The zero-order chi connectivity index (χ0) is 23.3. The number of carbonyl (C=O) groups is 4. The van der Waals surface area contributed by atoms with Crippen molar-refractivity contribution in [2.75, 3.05) is 24.9 Å². The molecule has 162 valence electrons. The number of hydrogen-bond donors (Lipinski definition) is 1. The zero-order valence-corrected chi connectivity index (χ0v) is 17.4. The minimum absolute atomic E-state index is 0.167. The summed E-state index contributed by atoms with van der Waals surface area (Å²) in [5.74, 6) is -2.37. The summed E-state index contributed by atoms with van der Waals surface area (Å²) in [6.45, 7) is 0. The van der Waals surface area contributed by atoms with E-state index in [1.54, 1.807) is 24.3 Å². The van der Waals surface area contributed by atoms with Crippen molar-refractivity contribution >= 4 is 35.1 Å². The van der Waals surface area contributed by atoms with E-state index in [9.17, 15) is 19.2 Å². The predicted molar refractivity (Wildman–Crippen MR) is 118 cm³/mol. The van der Waals surface area contributed by atoms with Gasteiger partial charge in [0, 0.05) is 11.1 Å². The maximum Gasteiger partial charge on any atom is 0.337 e. The van der Waals surface area contributed by atoms with Crippen LogP contribution in [-0.2, 0) is 9.47 Å². The molecular formula is C24H20N2O6. The minimum Gasteiger partial charge on any atom is -0.465 e. The van der Waals surface area contributed by atoms with Crippen LogP contribution in [0.5, 0.6) is 0 Å². The summed E-state index contributed by atoms with van der Waals surface area (Å²) in [7, 11) is 2.51. The number of hydrogen-bond acceptors (Lipinski definition) is 7. The molecule has 0 radical (unpaired) electrons. The summed E-state index contributed by atoms with van der Waals surface area (Å²) >= 11 is 0. The molecule has 0 fully saturated rings. The van der Waals surface area contributed by atoms with Crippen LogP contribution >= 0.6 is 0 Å². The van der Waals surface area contributed by atoms with Gasteiger partial charge >= 0.3 is 11.9 Å². The van der Waals surface area contributed by atoms with Crippen LogP contribution in [0.3, 0.4) is 0 Å². The first-order valence-electron chi connectivity index (χ1n) is 9.47. The fraction of sp³-hybridized carbons (Fsp3) is 0.0833. The molecule has 3 aromatic rings. The highest BCUT2D eigenvalue weighted by Crippen LogP contribution is 2.27. The Bertz CT molecular complexity index is 1100. The molecule has 3 aromatic carbocycles. The molecule has 0 aliphatic heterocycles. The topological polar surface area (TPSA) is 116 Å². The van der Waals surface area contributed by atoms with Crippen LogP contribution in [0.25, 0.3) is 0 Å². The molecule has 8 nitrogen and oxygen atoms in total. The van der Waals surface area contributed by atoms with Crippen molar-refractivity contribution < 1.29 is 28.7 Å². The number of anilines is 2. The standard InChI is InChI=1S/C24H20N2O6/c1-31-23(29)17-11-7-15(8-12-17)21(27)26(20-6-4-3-5-19(20)25)22(28)16-9-13-18(14-10-16)24(30)32-2/h3-14H,25H2,1-2H3. The normalized spacial score (nSPS) is 10.2. The number of rotatable bonds is 5. The van der Waals surface area contributed by atoms with Crippen LogP contribution in [0.15, 0.2) is 72.8 Å². The second kappa shape index (κ2) is 9.57. The molecule has 0 heterocycles. The van der Waals surface area contributed by atoms with E-state index in [-0.39, 0.29) is 33.6 Å². The third-order valence-corrected chi connectivity index (χ3v) is 4.69. The van der Waals surface area contributed by atoms with E-state index in [0.717, 1.165) is 4.90 Å². The van der Waals surface area contributed by atoms with Gasteiger partial charge in [0.1, 0.15) is 0 Å². The van der Waals surface area contributed by atoms with Crippen molar-refractivity contribution in [1.29, 1.82) is 0 Å². The number of imide groups is 1. The Hall–Kier alpha value is -4.46. The molecule has 2 amide bonds. The molecule has 0 atom stereocenters. The smallest absolute Gasteiger partial charge is 0.337 e. The highest BCUT2D eigenvalue weighted by atomic mass is 16.5. The largest absolute Gasteiger partial charge is 0.465 e. The molecule has 0 spiro atoms. The third-order valence-electron chi connectivity index (χ3n) is 4.69. The number of ether oxygens (including phenoxy) is 2. The Labute approximate surface area is 184 Å². The van der Waals surface area contributed by atoms with Gasteiger partial charge < -0.3 is 15.2 Å². The number of benzene rings is 3. The van der Waals surface area contributed by atoms with E-state index in [4.69, 9.17) is 5.73 Å². The Kier molecular flexibility index (Phi) is 6.65. The van der Waals surface area contributed by atoms with E-state index < -0.39 is 23.8 Å². The molecule has 2 N–H and O–H groups in total. The average Bonchev–Trinajstić information content (AvgIpc) is 2.84. The number of methoxy groups -OCH3 is 2. The lowest BCUT2D eigenvalue weighted by Crippen LogP contribution is -2.37. The molecule has 0 unspecified atom stereocenters. The Morgan fingerprint density at radius 2 is 1.00 bits per heavy atom. The van der Waals surface area contributed by atoms with Gasteiger partial charge in [-0.05, 0) is 60.7 Å². The van der Waals surface area contributed by atoms with Crippen molar-refractivity contribution in [3.8, 4) is 0 Å². The van der Waals surface area contributed by atoms with Crippen LogP contribution in [0.1, 0.15) is 41.4 Å².